The van der Waals surface area contributed by atoms with Crippen molar-refractivity contribution in [1.29, 1.82) is 0 Å². The molecule has 1 aromatic heterocycles. The third kappa shape index (κ3) is 2.77. The van der Waals surface area contributed by atoms with E-state index in [9.17, 15) is 4.79 Å². The number of nitrogens with one attached hydrogen (secondary N) is 1. The van der Waals surface area contributed by atoms with Crippen molar-refractivity contribution in [3.8, 4) is 11.1 Å². The van der Waals surface area contributed by atoms with Crippen LogP contribution in [0, 0.1) is 6.92 Å². The van der Waals surface area contributed by atoms with Crippen LogP contribution in [-0.4, -0.2) is 12.6 Å². The first-order chi connectivity index (χ1) is 9.17. The maximum Gasteiger partial charge on any atom is 0.341 e. The number of ether oxygens (including phenoxy) is 1. The molecule has 0 atom stereocenters. The fourth-order valence-corrected chi connectivity index (χ4v) is 2.68. The minimum Gasteiger partial charge on any atom is -0.462 e. The van der Waals surface area contributed by atoms with Gasteiger partial charge in [0.05, 0.1) is 6.61 Å². The Kier molecular flexibility index (Phi) is 4.19. The highest BCUT2D eigenvalue weighted by Gasteiger charge is 2.20. The van der Waals surface area contributed by atoms with Crippen molar-refractivity contribution < 1.29 is 9.53 Å². The van der Waals surface area contributed by atoms with Crippen molar-refractivity contribution in [1.82, 2.24) is 0 Å². The van der Waals surface area contributed by atoms with Crippen LogP contribution in [0.4, 0.5) is 5.00 Å². The number of nitrogen functional groups attached to an aromatic ring is 1. The Morgan fingerprint density at radius 1 is 1.37 bits per heavy atom. The smallest absolute Gasteiger partial charge is 0.341 e. The van der Waals surface area contributed by atoms with E-state index in [1.807, 2.05) is 36.6 Å². The van der Waals surface area contributed by atoms with Crippen LogP contribution in [0.1, 0.15) is 22.8 Å². The highest BCUT2D eigenvalue weighted by atomic mass is 32.1. The van der Waals surface area contributed by atoms with Crippen molar-refractivity contribution in [2.45, 2.75) is 13.8 Å². The van der Waals surface area contributed by atoms with Gasteiger partial charge in [0.2, 0.25) is 0 Å². The molecule has 0 unspecified atom stereocenters. The molecule has 2 aromatic rings. The predicted octanol–water partition coefficient (Wildman–Crippen LogP) is 3.19. The van der Waals surface area contributed by atoms with Gasteiger partial charge in [-0.2, -0.15) is 0 Å². The molecule has 5 heteroatoms. The Hall–Kier alpha value is -1.85. The topological polar surface area (TPSA) is 64.3 Å². The average Bonchev–Trinajstić information content (AvgIpc) is 2.83. The van der Waals surface area contributed by atoms with E-state index in [1.165, 1.54) is 16.9 Å². The zero-order valence-corrected chi connectivity index (χ0v) is 11.7. The molecule has 3 N–H and O–H groups in total. The monoisotopic (exact) mass is 276 g/mol. The number of benzene rings is 1. The molecule has 0 aliphatic heterocycles. The van der Waals surface area contributed by atoms with Gasteiger partial charge in [-0.05, 0) is 19.4 Å². The van der Waals surface area contributed by atoms with E-state index in [-0.39, 0.29) is 5.97 Å². The number of rotatable bonds is 4. The van der Waals surface area contributed by atoms with Gasteiger partial charge in [0.1, 0.15) is 10.6 Å². The lowest BCUT2D eigenvalue weighted by Gasteiger charge is -2.07. The van der Waals surface area contributed by atoms with Crippen LogP contribution in [0.15, 0.2) is 29.6 Å². The first-order valence-corrected chi connectivity index (χ1v) is 6.87. The Morgan fingerprint density at radius 2 is 2.05 bits per heavy atom. The van der Waals surface area contributed by atoms with E-state index in [0.717, 1.165) is 11.1 Å². The summed E-state index contributed by atoms with van der Waals surface area (Å²) in [6.45, 7) is 4.15. The van der Waals surface area contributed by atoms with Crippen molar-refractivity contribution in [2.75, 3.05) is 12.0 Å². The number of nitrogens with two attached hydrogens (primary N) is 1. The minimum absolute atomic E-state index is 0.339. The fourth-order valence-electron chi connectivity index (χ4n) is 1.82. The second-order valence-electron chi connectivity index (χ2n) is 4.08. The van der Waals surface area contributed by atoms with E-state index in [0.29, 0.717) is 17.2 Å². The second-order valence-corrected chi connectivity index (χ2v) is 4.96. The van der Waals surface area contributed by atoms with E-state index in [1.54, 1.807) is 6.92 Å². The number of hydrazine groups is 1. The quantitative estimate of drug-likeness (QED) is 0.511. The van der Waals surface area contributed by atoms with Gasteiger partial charge in [-0.25, -0.2) is 10.6 Å². The van der Waals surface area contributed by atoms with Gasteiger partial charge in [0.25, 0.3) is 0 Å². The summed E-state index contributed by atoms with van der Waals surface area (Å²) in [7, 11) is 0. The molecule has 0 spiro atoms. The summed E-state index contributed by atoms with van der Waals surface area (Å²) in [5, 5.41) is 2.53. The van der Waals surface area contributed by atoms with Crippen LogP contribution in [-0.2, 0) is 4.74 Å². The lowest BCUT2D eigenvalue weighted by Crippen LogP contribution is -2.12. The molecule has 1 heterocycles. The average molecular weight is 276 g/mol. The van der Waals surface area contributed by atoms with E-state index in [2.05, 4.69) is 5.43 Å². The Balaban J connectivity index is 2.48. The summed E-state index contributed by atoms with van der Waals surface area (Å²) < 4.78 is 5.09. The van der Waals surface area contributed by atoms with E-state index in [4.69, 9.17) is 10.6 Å². The third-order valence-corrected chi connectivity index (χ3v) is 3.68. The summed E-state index contributed by atoms with van der Waals surface area (Å²) in [5.74, 6) is 5.10. The summed E-state index contributed by atoms with van der Waals surface area (Å²) in [4.78, 5) is 12.0. The van der Waals surface area contributed by atoms with Crippen LogP contribution in [0.25, 0.3) is 11.1 Å². The molecule has 0 saturated carbocycles. The molecule has 0 aliphatic carbocycles. The van der Waals surface area contributed by atoms with Crippen LogP contribution in [0.5, 0.6) is 0 Å². The summed E-state index contributed by atoms with van der Waals surface area (Å²) >= 11 is 1.39. The first-order valence-electron chi connectivity index (χ1n) is 5.99. The number of hydrogen-bond donors (Lipinski definition) is 2. The Labute approximate surface area is 116 Å². The highest BCUT2D eigenvalue weighted by molar-refractivity contribution is 7.15. The second kappa shape index (κ2) is 5.86. The lowest BCUT2D eigenvalue weighted by molar-refractivity contribution is 0.0529. The van der Waals surface area contributed by atoms with Gasteiger partial charge < -0.3 is 10.2 Å². The molecule has 19 heavy (non-hydrogen) atoms. The molecule has 0 aliphatic rings. The summed E-state index contributed by atoms with van der Waals surface area (Å²) in [5.41, 5.74) is 6.05. The molecule has 0 amide bonds. The van der Waals surface area contributed by atoms with Crippen molar-refractivity contribution >= 4 is 22.3 Å². The van der Waals surface area contributed by atoms with Gasteiger partial charge in [-0.1, -0.05) is 29.8 Å². The van der Waals surface area contributed by atoms with Crippen LogP contribution < -0.4 is 11.3 Å². The SMILES string of the molecule is CCOC(=O)c1c(-c2ccc(C)cc2)csc1NN. The van der Waals surface area contributed by atoms with Crippen molar-refractivity contribution in [3.63, 3.8) is 0 Å². The van der Waals surface area contributed by atoms with Crippen LogP contribution in [0.3, 0.4) is 0 Å². The van der Waals surface area contributed by atoms with Gasteiger partial charge in [0.15, 0.2) is 0 Å². The molecular formula is C14H16N2O2S. The number of thiophene rings is 1. The molecular weight excluding hydrogens is 260 g/mol. The maximum atomic E-state index is 12.0. The zero-order chi connectivity index (χ0) is 13.8. The predicted molar refractivity (Wildman–Crippen MR) is 78.3 cm³/mol. The Morgan fingerprint density at radius 3 is 2.63 bits per heavy atom. The number of carbonyl (C=O) groups excluding carboxylic acids is 1. The molecule has 2 rings (SSSR count). The fraction of sp³-hybridized carbons (Fsp3) is 0.214. The van der Waals surface area contributed by atoms with Crippen LogP contribution >= 0.6 is 11.3 Å². The van der Waals surface area contributed by atoms with Gasteiger partial charge in [0, 0.05) is 10.9 Å². The van der Waals surface area contributed by atoms with Gasteiger partial charge in [-0.15, -0.1) is 11.3 Å². The molecule has 0 bridgehead atoms. The minimum atomic E-state index is -0.354. The number of esters is 1. The van der Waals surface area contributed by atoms with Gasteiger partial charge in [-0.3, -0.25) is 0 Å². The third-order valence-electron chi connectivity index (χ3n) is 2.76. The largest absolute Gasteiger partial charge is 0.462 e. The maximum absolute atomic E-state index is 12.0. The number of anilines is 1. The molecule has 0 fully saturated rings. The molecule has 100 valence electrons. The first kappa shape index (κ1) is 13.6. The zero-order valence-electron chi connectivity index (χ0n) is 10.9. The van der Waals surface area contributed by atoms with Gasteiger partial charge >= 0.3 is 5.97 Å². The van der Waals surface area contributed by atoms with E-state index >= 15 is 0 Å². The molecule has 0 radical (unpaired) electrons. The van der Waals surface area contributed by atoms with E-state index < -0.39 is 0 Å². The Bertz CT molecular complexity index is 576. The number of aryl methyl sites for hydroxylation is 1. The lowest BCUT2D eigenvalue weighted by atomic mass is 10.0. The standard InChI is InChI=1S/C14H16N2O2S/c1-3-18-14(17)12-11(8-19-13(12)16-15)10-6-4-9(2)5-7-10/h4-8,16H,3,15H2,1-2H3. The molecule has 4 nitrogen and oxygen atoms in total. The normalized spacial score (nSPS) is 10.3. The number of hydrogen-bond acceptors (Lipinski definition) is 5. The van der Waals surface area contributed by atoms with Crippen molar-refractivity contribution in [3.05, 3.63) is 40.8 Å². The summed E-state index contributed by atoms with van der Waals surface area (Å²) in [6, 6.07) is 8.00. The number of carbonyl (C=O) groups is 1. The van der Waals surface area contributed by atoms with Crippen LogP contribution in [0.2, 0.25) is 0 Å². The highest BCUT2D eigenvalue weighted by Crippen LogP contribution is 2.35. The molecule has 1 aromatic carbocycles. The molecule has 0 saturated heterocycles. The summed E-state index contributed by atoms with van der Waals surface area (Å²) in [6.07, 6.45) is 0. The van der Waals surface area contributed by atoms with Crippen molar-refractivity contribution in [2.24, 2.45) is 5.84 Å².